The van der Waals surface area contributed by atoms with Gasteiger partial charge in [0.15, 0.2) is 6.10 Å². The van der Waals surface area contributed by atoms with Crippen LogP contribution in [-0.2, 0) is 28.2 Å². The number of unbranched alkanes of at least 4 members (excludes halogenated alkanes) is 11. The molecule has 0 spiro atoms. The summed E-state index contributed by atoms with van der Waals surface area (Å²) in [5, 5.41) is 0. The summed E-state index contributed by atoms with van der Waals surface area (Å²) in [5.74, 6) is -1.00. The minimum atomic E-state index is -4.78. The van der Waals surface area contributed by atoms with Crippen molar-refractivity contribution >= 4 is 19.8 Å². The van der Waals surface area contributed by atoms with Gasteiger partial charge < -0.3 is 19.3 Å². The summed E-state index contributed by atoms with van der Waals surface area (Å²) in [4.78, 5) is 42.7. The Bertz CT molecular complexity index is 1110. The molecule has 0 saturated carbocycles. The Morgan fingerprint density at radius 1 is 0.519 bits per heavy atom. The van der Waals surface area contributed by atoms with Gasteiger partial charge in [0.2, 0.25) is 0 Å². The molecule has 0 heterocycles. The summed E-state index contributed by atoms with van der Waals surface area (Å²) >= 11 is 0. The van der Waals surface area contributed by atoms with Gasteiger partial charge in [-0.05, 0) is 77.0 Å². The molecule has 0 aromatic rings. The fraction of sp³-hybridized carbons (Fsp3) is 0.628. The molecule has 0 amide bonds. The summed E-state index contributed by atoms with van der Waals surface area (Å²) < 4.78 is 26.3. The van der Waals surface area contributed by atoms with E-state index in [-0.39, 0.29) is 19.4 Å². The van der Waals surface area contributed by atoms with E-state index in [9.17, 15) is 14.2 Å². The van der Waals surface area contributed by atoms with Gasteiger partial charge in [0.05, 0.1) is 6.61 Å². The SMILES string of the molecule is CC/C=C\C/C=C\C/C=C\C/C=C\C/C=C\C/C=C\CCC(=O)OC[C@H](COP(=O)(O)O)OC(=O)CCCCCCC/C=C\CCCCCCCC. The molecular formula is C43H71O8P. The predicted octanol–water partition coefficient (Wildman–Crippen LogP) is 12.1. The van der Waals surface area contributed by atoms with Crippen LogP contribution in [0.15, 0.2) is 85.1 Å². The summed E-state index contributed by atoms with van der Waals surface area (Å²) in [6.07, 6.45) is 50.3. The summed E-state index contributed by atoms with van der Waals surface area (Å²) in [7, 11) is -4.78. The molecule has 0 bridgehead atoms. The van der Waals surface area contributed by atoms with E-state index < -0.39 is 32.5 Å². The molecule has 0 fully saturated rings. The van der Waals surface area contributed by atoms with E-state index in [1.54, 1.807) is 0 Å². The second-order valence-corrected chi connectivity index (χ2v) is 14.1. The van der Waals surface area contributed by atoms with Gasteiger partial charge >= 0.3 is 19.8 Å². The maximum Gasteiger partial charge on any atom is 0.469 e. The predicted molar refractivity (Wildman–Crippen MR) is 216 cm³/mol. The lowest BCUT2D eigenvalue weighted by molar-refractivity contribution is -0.161. The highest BCUT2D eigenvalue weighted by molar-refractivity contribution is 7.46. The Hall–Kier alpha value is -2.77. The number of carbonyl (C=O) groups is 2. The van der Waals surface area contributed by atoms with Gasteiger partial charge in [-0.15, -0.1) is 0 Å². The van der Waals surface area contributed by atoms with E-state index in [2.05, 4.69) is 91.3 Å². The molecule has 0 aromatic heterocycles. The molecular weight excluding hydrogens is 675 g/mol. The van der Waals surface area contributed by atoms with Gasteiger partial charge in [-0.3, -0.25) is 14.1 Å². The Balaban J connectivity index is 4.11. The first-order chi connectivity index (χ1) is 25.3. The number of ether oxygens (including phenoxy) is 2. The van der Waals surface area contributed by atoms with Crippen molar-refractivity contribution in [2.45, 2.75) is 161 Å². The third-order valence-electron chi connectivity index (χ3n) is 7.91. The molecule has 296 valence electrons. The van der Waals surface area contributed by atoms with E-state index >= 15 is 0 Å². The normalized spacial score (nSPS) is 13.4. The number of hydrogen-bond donors (Lipinski definition) is 2. The van der Waals surface area contributed by atoms with Crippen LogP contribution in [0.25, 0.3) is 0 Å². The third kappa shape index (κ3) is 40.0. The zero-order valence-electron chi connectivity index (χ0n) is 32.4. The standard InChI is InChI=1S/C43H71O8P/c1-3-5-7-9-11-13-15-17-19-20-21-22-24-25-27-29-31-33-35-37-42(44)49-39-41(40-50-52(46,47)48)51-43(45)38-36-34-32-30-28-26-23-18-16-14-12-10-8-6-4-2/h5,7,11,13,17-19,21-23,25,27,31,33,41H,3-4,6,8-10,12,14-16,20,24,26,28-30,32,34-40H2,1-2H3,(H2,46,47,48)/b7-5-,13-11-,19-17-,22-21-,23-18-,27-25-,33-31-/t41-/m1/s1. The highest BCUT2D eigenvalue weighted by atomic mass is 31.2. The molecule has 0 aliphatic carbocycles. The Morgan fingerprint density at radius 2 is 0.962 bits per heavy atom. The first-order valence-electron chi connectivity index (χ1n) is 19.9. The number of phosphoric ester groups is 1. The van der Waals surface area contributed by atoms with Crippen LogP contribution >= 0.6 is 7.82 Å². The fourth-order valence-corrected chi connectivity index (χ4v) is 5.34. The van der Waals surface area contributed by atoms with Gasteiger partial charge in [0, 0.05) is 12.8 Å². The van der Waals surface area contributed by atoms with Crippen molar-refractivity contribution in [2.75, 3.05) is 13.2 Å². The molecule has 0 rings (SSSR count). The van der Waals surface area contributed by atoms with Crippen molar-refractivity contribution in [3.05, 3.63) is 85.1 Å². The van der Waals surface area contributed by atoms with Crippen LogP contribution in [0.1, 0.15) is 155 Å². The molecule has 9 heteroatoms. The second-order valence-electron chi connectivity index (χ2n) is 12.9. The van der Waals surface area contributed by atoms with Crippen molar-refractivity contribution in [1.82, 2.24) is 0 Å². The van der Waals surface area contributed by atoms with Crippen LogP contribution in [0.5, 0.6) is 0 Å². The molecule has 2 N–H and O–H groups in total. The lowest BCUT2D eigenvalue weighted by Crippen LogP contribution is -2.29. The Labute approximate surface area is 316 Å². The molecule has 1 atom stereocenters. The van der Waals surface area contributed by atoms with E-state index in [1.165, 1.54) is 38.5 Å². The molecule has 0 aliphatic rings. The average Bonchev–Trinajstić information content (AvgIpc) is 3.11. The van der Waals surface area contributed by atoms with Crippen LogP contribution < -0.4 is 0 Å². The van der Waals surface area contributed by atoms with Crippen LogP contribution in [-0.4, -0.2) is 41.0 Å². The second kappa shape index (κ2) is 38.0. The molecule has 52 heavy (non-hydrogen) atoms. The zero-order chi connectivity index (χ0) is 38.2. The van der Waals surface area contributed by atoms with Crippen molar-refractivity contribution in [1.29, 1.82) is 0 Å². The summed E-state index contributed by atoms with van der Waals surface area (Å²) in [6.45, 7) is 3.48. The maximum absolute atomic E-state index is 12.4. The number of carbonyl (C=O) groups excluding carboxylic acids is 2. The summed E-state index contributed by atoms with van der Waals surface area (Å²) in [6, 6.07) is 0. The quantitative estimate of drug-likeness (QED) is 0.0285. The van der Waals surface area contributed by atoms with E-state index in [0.717, 1.165) is 77.0 Å². The lowest BCUT2D eigenvalue weighted by atomic mass is 10.1. The lowest BCUT2D eigenvalue weighted by Gasteiger charge is -2.18. The minimum absolute atomic E-state index is 0.136. The third-order valence-corrected chi connectivity index (χ3v) is 8.40. The molecule has 0 unspecified atom stereocenters. The zero-order valence-corrected chi connectivity index (χ0v) is 33.3. The van der Waals surface area contributed by atoms with Gasteiger partial charge in [0.1, 0.15) is 6.61 Å². The summed E-state index contributed by atoms with van der Waals surface area (Å²) in [5.41, 5.74) is 0. The van der Waals surface area contributed by atoms with Gasteiger partial charge in [-0.25, -0.2) is 4.57 Å². The van der Waals surface area contributed by atoms with E-state index in [4.69, 9.17) is 19.3 Å². The van der Waals surface area contributed by atoms with Crippen molar-refractivity contribution < 1.29 is 37.9 Å². The molecule has 0 saturated heterocycles. The smallest absolute Gasteiger partial charge is 0.462 e. The largest absolute Gasteiger partial charge is 0.469 e. The number of esters is 2. The Morgan fingerprint density at radius 3 is 1.46 bits per heavy atom. The highest BCUT2D eigenvalue weighted by Gasteiger charge is 2.22. The van der Waals surface area contributed by atoms with Gasteiger partial charge in [-0.1, -0.05) is 150 Å². The van der Waals surface area contributed by atoms with E-state index in [0.29, 0.717) is 12.8 Å². The Kier molecular flexibility index (Phi) is 35.9. The van der Waals surface area contributed by atoms with E-state index in [1.807, 2.05) is 12.2 Å². The van der Waals surface area contributed by atoms with Crippen LogP contribution in [0, 0.1) is 0 Å². The first-order valence-corrected chi connectivity index (χ1v) is 21.4. The van der Waals surface area contributed by atoms with Crippen molar-refractivity contribution in [3.8, 4) is 0 Å². The number of phosphoric acid groups is 1. The van der Waals surface area contributed by atoms with Crippen molar-refractivity contribution in [3.63, 3.8) is 0 Å². The number of hydrogen-bond acceptors (Lipinski definition) is 6. The maximum atomic E-state index is 12.4. The van der Waals surface area contributed by atoms with Crippen LogP contribution in [0.2, 0.25) is 0 Å². The van der Waals surface area contributed by atoms with Gasteiger partial charge in [-0.2, -0.15) is 0 Å². The van der Waals surface area contributed by atoms with Gasteiger partial charge in [0.25, 0.3) is 0 Å². The monoisotopic (exact) mass is 746 g/mol. The molecule has 0 radical (unpaired) electrons. The highest BCUT2D eigenvalue weighted by Crippen LogP contribution is 2.36. The fourth-order valence-electron chi connectivity index (χ4n) is 4.98. The van der Waals surface area contributed by atoms with Crippen molar-refractivity contribution in [2.24, 2.45) is 0 Å². The number of allylic oxidation sites excluding steroid dienone is 14. The molecule has 0 aliphatic heterocycles. The molecule has 8 nitrogen and oxygen atoms in total. The van der Waals surface area contributed by atoms with Crippen LogP contribution in [0.3, 0.4) is 0 Å². The minimum Gasteiger partial charge on any atom is -0.462 e. The average molecular weight is 747 g/mol. The number of rotatable bonds is 35. The van der Waals surface area contributed by atoms with Crippen LogP contribution in [0.4, 0.5) is 0 Å². The topological polar surface area (TPSA) is 119 Å². The first kappa shape index (κ1) is 49.2. The molecule has 0 aromatic carbocycles.